The summed E-state index contributed by atoms with van der Waals surface area (Å²) in [5.74, 6) is 2.32. The topological polar surface area (TPSA) is 17.1 Å². The van der Waals surface area contributed by atoms with Crippen molar-refractivity contribution < 1.29 is 4.79 Å². The Morgan fingerprint density at radius 2 is 2.00 bits per heavy atom. The second kappa shape index (κ2) is 2.80. The number of carbonyl (C=O) groups excluding carboxylic acids is 1. The Labute approximate surface area is 98.3 Å². The predicted molar refractivity (Wildman–Crippen MR) is 65.0 cm³/mol. The van der Waals surface area contributed by atoms with Crippen LogP contribution in [0.1, 0.15) is 46.5 Å². The number of Topliss-reactive ketones (excluding diaryl/α,β-unsaturated/α-hetero) is 1. The number of rotatable bonds is 0. The van der Waals surface area contributed by atoms with E-state index in [2.05, 4.69) is 27.4 Å². The lowest BCUT2D eigenvalue weighted by Crippen LogP contribution is -2.39. The highest BCUT2D eigenvalue weighted by Gasteiger charge is 2.67. The van der Waals surface area contributed by atoms with Crippen molar-refractivity contribution in [1.82, 2.24) is 0 Å². The van der Waals surface area contributed by atoms with Gasteiger partial charge in [-0.25, -0.2) is 0 Å². The molecule has 0 aliphatic heterocycles. The predicted octanol–water partition coefficient (Wildman–Crippen LogP) is 3.59. The largest absolute Gasteiger partial charge is 0.299 e. The van der Waals surface area contributed by atoms with Gasteiger partial charge in [-0.2, -0.15) is 0 Å². The molecule has 1 spiro atoms. The van der Waals surface area contributed by atoms with Gasteiger partial charge in [-0.05, 0) is 42.4 Å². The van der Waals surface area contributed by atoms with Gasteiger partial charge in [0.25, 0.3) is 0 Å². The van der Waals surface area contributed by atoms with E-state index in [-0.39, 0.29) is 5.41 Å². The smallest absolute Gasteiger partial charge is 0.143 e. The second-order valence-electron chi connectivity index (χ2n) is 6.91. The normalized spacial score (nSPS) is 49.6. The molecular weight excluding hydrogens is 196 g/mol. The lowest BCUT2D eigenvalue weighted by Gasteiger charge is -2.36. The van der Waals surface area contributed by atoms with Crippen molar-refractivity contribution in [3.05, 3.63) is 12.2 Å². The molecule has 0 N–H and O–H groups in total. The van der Waals surface area contributed by atoms with Gasteiger partial charge in [0, 0.05) is 11.8 Å². The van der Waals surface area contributed by atoms with E-state index in [4.69, 9.17) is 0 Å². The van der Waals surface area contributed by atoms with Gasteiger partial charge in [0.1, 0.15) is 5.78 Å². The van der Waals surface area contributed by atoms with Crippen molar-refractivity contribution in [2.24, 2.45) is 28.6 Å². The van der Waals surface area contributed by atoms with Crippen molar-refractivity contribution >= 4 is 5.78 Å². The van der Waals surface area contributed by atoms with Gasteiger partial charge >= 0.3 is 0 Å². The summed E-state index contributed by atoms with van der Waals surface area (Å²) >= 11 is 0. The van der Waals surface area contributed by atoms with Crippen LogP contribution in [0.25, 0.3) is 0 Å². The van der Waals surface area contributed by atoms with Crippen LogP contribution in [0.2, 0.25) is 0 Å². The second-order valence-corrected chi connectivity index (χ2v) is 6.91. The third-order valence-corrected chi connectivity index (χ3v) is 6.13. The van der Waals surface area contributed by atoms with Crippen LogP contribution in [0.4, 0.5) is 0 Å². The van der Waals surface area contributed by atoms with Crippen molar-refractivity contribution in [2.45, 2.75) is 46.5 Å². The Balaban J connectivity index is 2.16. The van der Waals surface area contributed by atoms with Gasteiger partial charge in [0.05, 0.1) is 0 Å². The number of allylic oxidation sites excluding steroid dienone is 1. The zero-order valence-corrected chi connectivity index (χ0v) is 10.7. The number of ketones is 1. The summed E-state index contributed by atoms with van der Waals surface area (Å²) in [6.07, 6.45) is 4.27. The summed E-state index contributed by atoms with van der Waals surface area (Å²) in [5.41, 5.74) is 1.55. The molecule has 1 nitrogen and oxygen atoms in total. The third kappa shape index (κ3) is 0.919. The van der Waals surface area contributed by atoms with Crippen LogP contribution in [0.15, 0.2) is 12.2 Å². The minimum Gasteiger partial charge on any atom is -0.299 e. The molecule has 3 fully saturated rings. The van der Waals surface area contributed by atoms with E-state index >= 15 is 0 Å². The molecule has 0 aromatic rings. The van der Waals surface area contributed by atoms with E-state index in [9.17, 15) is 4.79 Å². The number of fused-ring (bicyclic) bond motifs is 1. The average molecular weight is 218 g/mol. The van der Waals surface area contributed by atoms with E-state index in [0.29, 0.717) is 35.4 Å². The Hall–Kier alpha value is -0.590. The molecule has 4 atom stereocenters. The molecule has 0 aromatic heterocycles. The average Bonchev–Trinajstić information content (AvgIpc) is 2.61. The van der Waals surface area contributed by atoms with Gasteiger partial charge < -0.3 is 0 Å². The minimum atomic E-state index is 0.0371. The first-order chi connectivity index (χ1) is 7.40. The molecule has 0 saturated heterocycles. The quantitative estimate of drug-likeness (QED) is 0.568. The van der Waals surface area contributed by atoms with Gasteiger partial charge in [0.15, 0.2) is 0 Å². The summed E-state index contributed by atoms with van der Waals surface area (Å²) < 4.78 is 0. The van der Waals surface area contributed by atoms with Crippen LogP contribution < -0.4 is 0 Å². The molecule has 3 aliphatic rings. The highest BCUT2D eigenvalue weighted by Crippen LogP contribution is 2.70. The first kappa shape index (κ1) is 10.6. The molecule has 0 heterocycles. The fraction of sp³-hybridized carbons (Fsp3) is 0.800. The molecule has 0 amide bonds. The standard InChI is InChI=1S/C15H22O/c1-9-7-13(16)15-8-11(9)14(3,4)12(15)6-5-10(15)2/h10-12H,1,5-8H2,2-4H3. The molecule has 16 heavy (non-hydrogen) atoms. The Bertz CT molecular complexity index is 379. The molecule has 88 valence electrons. The molecule has 3 aliphatic carbocycles. The van der Waals surface area contributed by atoms with E-state index in [1.54, 1.807) is 0 Å². The zero-order chi connectivity index (χ0) is 11.7. The highest BCUT2D eigenvalue weighted by molar-refractivity contribution is 5.90. The van der Waals surface area contributed by atoms with E-state index < -0.39 is 0 Å². The van der Waals surface area contributed by atoms with E-state index in [1.165, 1.54) is 18.4 Å². The van der Waals surface area contributed by atoms with Crippen molar-refractivity contribution in [3.8, 4) is 0 Å². The molecule has 3 rings (SSSR count). The lowest BCUT2D eigenvalue weighted by atomic mass is 9.66. The van der Waals surface area contributed by atoms with Gasteiger partial charge in [-0.15, -0.1) is 0 Å². The molecule has 2 bridgehead atoms. The summed E-state index contributed by atoms with van der Waals surface area (Å²) in [5, 5.41) is 0. The number of hydrogen-bond acceptors (Lipinski definition) is 1. The van der Waals surface area contributed by atoms with E-state index in [0.717, 1.165) is 6.42 Å². The molecule has 0 aromatic carbocycles. The minimum absolute atomic E-state index is 0.0371. The van der Waals surface area contributed by atoms with Crippen molar-refractivity contribution in [3.63, 3.8) is 0 Å². The van der Waals surface area contributed by atoms with Crippen LogP contribution >= 0.6 is 0 Å². The van der Waals surface area contributed by atoms with Crippen LogP contribution in [-0.4, -0.2) is 5.78 Å². The first-order valence-electron chi connectivity index (χ1n) is 6.61. The maximum Gasteiger partial charge on any atom is 0.143 e. The third-order valence-electron chi connectivity index (χ3n) is 6.13. The Morgan fingerprint density at radius 1 is 1.31 bits per heavy atom. The highest BCUT2D eigenvalue weighted by atomic mass is 16.1. The fourth-order valence-electron chi connectivity index (χ4n) is 5.25. The molecule has 1 heteroatoms. The van der Waals surface area contributed by atoms with Crippen molar-refractivity contribution in [2.75, 3.05) is 0 Å². The maximum atomic E-state index is 12.5. The SMILES string of the molecule is C=C1CC(=O)C23CC1C(C)(C)C2CCC3C. The maximum absolute atomic E-state index is 12.5. The molecule has 0 radical (unpaired) electrons. The molecular formula is C15H22O. The fourth-order valence-corrected chi connectivity index (χ4v) is 5.25. The summed E-state index contributed by atoms with van der Waals surface area (Å²) in [4.78, 5) is 12.5. The number of hydrogen-bond donors (Lipinski definition) is 0. The van der Waals surface area contributed by atoms with Crippen LogP contribution in [0, 0.1) is 28.6 Å². The van der Waals surface area contributed by atoms with Crippen LogP contribution in [-0.2, 0) is 4.79 Å². The Morgan fingerprint density at radius 3 is 2.69 bits per heavy atom. The van der Waals surface area contributed by atoms with E-state index in [1.807, 2.05) is 0 Å². The van der Waals surface area contributed by atoms with Crippen LogP contribution in [0.5, 0.6) is 0 Å². The summed E-state index contributed by atoms with van der Waals surface area (Å²) in [6.45, 7) is 11.2. The Kier molecular flexibility index (Phi) is 1.85. The molecule has 4 unspecified atom stereocenters. The van der Waals surface area contributed by atoms with Gasteiger partial charge in [-0.3, -0.25) is 4.79 Å². The lowest BCUT2D eigenvalue weighted by molar-refractivity contribution is -0.132. The van der Waals surface area contributed by atoms with Gasteiger partial charge in [-0.1, -0.05) is 32.9 Å². The monoisotopic (exact) mass is 218 g/mol. The summed E-state index contributed by atoms with van der Waals surface area (Å²) in [7, 11) is 0. The van der Waals surface area contributed by atoms with Crippen molar-refractivity contribution in [1.29, 1.82) is 0 Å². The first-order valence-corrected chi connectivity index (χ1v) is 6.61. The molecule has 3 saturated carbocycles. The zero-order valence-electron chi connectivity index (χ0n) is 10.7. The van der Waals surface area contributed by atoms with Crippen LogP contribution in [0.3, 0.4) is 0 Å². The summed E-state index contributed by atoms with van der Waals surface area (Å²) in [6, 6.07) is 0. The number of carbonyl (C=O) groups is 1. The van der Waals surface area contributed by atoms with Gasteiger partial charge in [0.2, 0.25) is 0 Å².